The van der Waals surface area contributed by atoms with Gasteiger partial charge in [-0.05, 0) is 41.1 Å². The van der Waals surface area contributed by atoms with Crippen LogP contribution in [-0.2, 0) is 6.54 Å². The first-order valence-corrected chi connectivity index (χ1v) is 10.1. The number of para-hydroxylation sites is 2. The molecule has 1 saturated heterocycles. The number of nitrogens with zero attached hydrogens (tertiary/aromatic N) is 1. The SMILES string of the molecule is COc1ccccc1N1CC[NH+](Cc2c(O)ccc3cc(Br)ccc23)CC1. The molecule has 4 rings (SSSR count). The summed E-state index contributed by atoms with van der Waals surface area (Å²) in [4.78, 5) is 3.88. The molecular formula is C22H24BrN2O2+. The van der Waals surface area contributed by atoms with Gasteiger partial charge in [0.15, 0.2) is 0 Å². The minimum atomic E-state index is 0.393. The number of rotatable bonds is 4. The smallest absolute Gasteiger partial charge is 0.142 e. The molecule has 0 atom stereocenters. The molecule has 140 valence electrons. The fraction of sp³-hybridized carbons (Fsp3) is 0.273. The second-order valence-electron chi connectivity index (χ2n) is 7.01. The fourth-order valence-corrected chi connectivity index (χ4v) is 4.30. The second-order valence-corrected chi connectivity index (χ2v) is 7.93. The Morgan fingerprint density at radius 3 is 2.63 bits per heavy atom. The molecule has 1 heterocycles. The molecule has 0 spiro atoms. The molecule has 0 unspecified atom stereocenters. The zero-order valence-corrected chi connectivity index (χ0v) is 17.0. The van der Waals surface area contributed by atoms with Gasteiger partial charge in [-0.3, -0.25) is 0 Å². The fourth-order valence-electron chi connectivity index (χ4n) is 3.92. The van der Waals surface area contributed by atoms with E-state index in [4.69, 9.17) is 4.74 Å². The van der Waals surface area contributed by atoms with Gasteiger partial charge in [0.25, 0.3) is 0 Å². The monoisotopic (exact) mass is 427 g/mol. The van der Waals surface area contributed by atoms with Crippen LogP contribution in [-0.4, -0.2) is 38.4 Å². The molecule has 0 radical (unpaired) electrons. The molecular weight excluding hydrogens is 404 g/mol. The Kier molecular flexibility index (Phi) is 5.23. The van der Waals surface area contributed by atoms with E-state index in [0.29, 0.717) is 5.75 Å². The van der Waals surface area contributed by atoms with Gasteiger partial charge in [-0.2, -0.15) is 0 Å². The highest BCUT2D eigenvalue weighted by Crippen LogP contribution is 2.29. The number of fused-ring (bicyclic) bond motifs is 1. The lowest BCUT2D eigenvalue weighted by molar-refractivity contribution is -0.914. The summed E-state index contributed by atoms with van der Waals surface area (Å²) in [5.41, 5.74) is 2.21. The molecule has 0 bridgehead atoms. The van der Waals surface area contributed by atoms with E-state index < -0.39 is 0 Å². The van der Waals surface area contributed by atoms with E-state index in [1.165, 1.54) is 4.90 Å². The van der Waals surface area contributed by atoms with Crippen molar-refractivity contribution in [3.8, 4) is 11.5 Å². The van der Waals surface area contributed by atoms with E-state index in [9.17, 15) is 5.11 Å². The van der Waals surface area contributed by atoms with Gasteiger partial charge in [0.1, 0.15) is 18.0 Å². The summed E-state index contributed by atoms with van der Waals surface area (Å²) in [7, 11) is 1.72. The van der Waals surface area contributed by atoms with Crippen molar-refractivity contribution in [3.63, 3.8) is 0 Å². The summed E-state index contributed by atoms with van der Waals surface area (Å²) in [6.07, 6.45) is 0. The summed E-state index contributed by atoms with van der Waals surface area (Å²) in [6.45, 7) is 4.86. The molecule has 5 heteroatoms. The second kappa shape index (κ2) is 7.79. The molecule has 3 aromatic carbocycles. The predicted molar refractivity (Wildman–Crippen MR) is 113 cm³/mol. The number of piperazine rings is 1. The first kappa shape index (κ1) is 18.1. The van der Waals surface area contributed by atoms with Crippen LogP contribution < -0.4 is 14.5 Å². The number of ether oxygens (including phenoxy) is 1. The molecule has 1 fully saturated rings. The van der Waals surface area contributed by atoms with E-state index in [1.807, 2.05) is 30.3 Å². The Morgan fingerprint density at radius 1 is 1.07 bits per heavy atom. The highest BCUT2D eigenvalue weighted by atomic mass is 79.9. The number of hydrogen-bond acceptors (Lipinski definition) is 3. The van der Waals surface area contributed by atoms with Crippen molar-refractivity contribution in [2.75, 3.05) is 38.2 Å². The first-order chi connectivity index (χ1) is 13.2. The van der Waals surface area contributed by atoms with E-state index >= 15 is 0 Å². The zero-order chi connectivity index (χ0) is 18.8. The van der Waals surface area contributed by atoms with Crippen molar-refractivity contribution in [2.24, 2.45) is 0 Å². The van der Waals surface area contributed by atoms with Crippen molar-refractivity contribution < 1.29 is 14.7 Å². The van der Waals surface area contributed by atoms with Crippen molar-refractivity contribution in [2.45, 2.75) is 6.54 Å². The van der Waals surface area contributed by atoms with Gasteiger partial charge in [-0.15, -0.1) is 0 Å². The minimum absolute atomic E-state index is 0.393. The standard InChI is InChI=1S/C22H23BrN2O2/c1-27-22-5-3-2-4-20(22)25-12-10-24(11-13-25)15-19-18-8-7-17(23)14-16(18)6-9-21(19)26/h2-9,14,26H,10-13,15H2,1H3/p+1. The minimum Gasteiger partial charge on any atom is -0.507 e. The van der Waals surface area contributed by atoms with Crippen LogP contribution >= 0.6 is 15.9 Å². The normalized spacial score (nSPS) is 15.3. The Morgan fingerprint density at radius 2 is 1.85 bits per heavy atom. The number of halogens is 1. The summed E-state index contributed by atoms with van der Waals surface area (Å²) in [5, 5.41) is 12.7. The molecule has 0 aliphatic carbocycles. The molecule has 0 amide bonds. The first-order valence-electron chi connectivity index (χ1n) is 9.27. The number of benzene rings is 3. The van der Waals surface area contributed by atoms with Crippen molar-refractivity contribution in [1.82, 2.24) is 0 Å². The van der Waals surface area contributed by atoms with E-state index in [0.717, 1.165) is 65.0 Å². The van der Waals surface area contributed by atoms with Crippen LogP contribution in [0.5, 0.6) is 11.5 Å². The molecule has 3 aromatic rings. The Hall–Kier alpha value is -2.24. The van der Waals surface area contributed by atoms with Gasteiger partial charge in [0.05, 0.1) is 44.5 Å². The third kappa shape index (κ3) is 3.75. The van der Waals surface area contributed by atoms with Crippen molar-refractivity contribution in [3.05, 3.63) is 64.6 Å². The topological polar surface area (TPSA) is 37.1 Å². The molecule has 27 heavy (non-hydrogen) atoms. The van der Waals surface area contributed by atoms with E-state index in [2.05, 4.69) is 45.1 Å². The van der Waals surface area contributed by atoms with Gasteiger partial charge in [0, 0.05) is 4.47 Å². The third-order valence-electron chi connectivity index (χ3n) is 5.39. The van der Waals surface area contributed by atoms with Crippen LogP contribution in [0.4, 0.5) is 5.69 Å². The quantitative estimate of drug-likeness (QED) is 0.670. The maximum Gasteiger partial charge on any atom is 0.142 e. The highest BCUT2D eigenvalue weighted by Gasteiger charge is 2.23. The average Bonchev–Trinajstić information content (AvgIpc) is 2.70. The molecule has 0 saturated carbocycles. The Bertz CT molecular complexity index is 952. The number of methoxy groups -OCH3 is 1. The van der Waals surface area contributed by atoms with Crippen LogP contribution in [0, 0.1) is 0 Å². The van der Waals surface area contributed by atoms with Gasteiger partial charge in [-0.1, -0.05) is 40.2 Å². The van der Waals surface area contributed by atoms with Crippen LogP contribution in [0.25, 0.3) is 10.8 Å². The molecule has 1 aliphatic heterocycles. The molecule has 2 N–H and O–H groups in total. The highest BCUT2D eigenvalue weighted by molar-refractivity contribution is 9.10. The lowest BCUT2D eigenvalue weighted by Crippen LogP contribution is -3.13. The van der Waals surface area contributed by atoms with Crippen LogP contribution in [0.2, 0.25) is 0 Å². The summed E-state index contributed by atoms with van der Waals surface area (Å²) >= 11 is 3.53. The average molecular weight is 428 g/mol. The molecule has 1 aliphatic rings. The number of quaternary nitrogens is 1. The maximum absolute atomic E-state index is 10.5. The van der Waals surface area contributed by atoms with Gasteiger partial charge >= 0.3 is 0 Å². The van der Waals surface area contributed by atoms with Crippen LogP contribution in [0.1, 0.15) is 5.56 Å². The van der Waals surface area contributed by atoms with Gasteiger partial charge in [-0.25, -0.2) is 0 Å². The van der Waals surface area contributed by atoms with E-state index in [-0.39, 0.29) is 0 Å². The Balaban J connectivity index is 1.50. The zero-order valence-electron chi connectivity index (χ0n) is 15.4. The lowest BCUT2D eigenvalue weighted by atomic mass is 10.0. The van der Waals surface area contributed by atoms with Crippen molar-refractivity contribution in [1.29, 1.82) is 0 Å². The third-order valence-corrected chi connectivity index (χ3v) is 5.89. The summed E-state index contributed by atoms with van der Waals surface area (Å²) in [5.74, 6) is 1.32. The number of aromatic hydroxyl groups is 1. The molecule has 0 aromatic heterocycles. The predicted octanol–water partition coefficient (Wildman–Crippen LogP) is 3.22. The van der Waals surface area contributed by atoms with Gasteiger partial charge < -0.3 is 19.6 Å². The summed E-state index contributed by atoms with van der Waals surface area (Å²) < 4.78 is 6.57. The van der Waals surface area contributed by atoms with Crippen molar-refractivity contribution >= 4 is 32.4 Å². The van der Waals surface area contributed by atoms with E-state index in [1.54, 1.807) is 7.11 Å². The maximum atomic E-state index is 10.5. The largest absolute Gasteiger partial charge is 0.507 e. The number of anilines is 1. The summed E-state index contributed by atoms with van der Waals surface area (Å²) in [6, 6.07) is 18.2. The number of phenolic OH excluding ortho intramolecular Hbond substituents is 1. The number of nitrogens with one attached hydrogen (secondary N) is 1. The van der Waals surface area contributed by atoms with Crippen LogP contribution in [0.15, 0.2) is 59.1 Å². The number of phenols is 1. The van der Waals surface area contributed by atoms with Crippen LogP contribution in [0.3, 0.4) is 0 Å². The number of hydrogen-bond donors (Lipinski definition) is 2. The Labute approximate surface area is 168 Å². The van der Waals surface area contributed by atoms with Gasteiger partial charge in [0.2, 0.25) is 0 Å². The molecule has 4 nitrogen and oxygen atoms in total. The lowest BCUT2D eigenvalue weighted by Gasteiger charge is -2.34.